The first-order valence-electron chi connectivity index (χ1n) is 11.6. The van der Waals surface area contributed by atoms with Gasteiger partial charge in [-0.3, -0.25) is 9.69 Å². The van der Waals surface area contributed by atoms with Gasteiger partial charge in [-0.25, -0.2) is 0 Å². The fraction of sp³-hybridized carbons (Fsp3) is 0.400. The van der Waals surface area contributed by atoms with E-state index in [2.05, 4.69) is 9.50 Å². The number of nitrogens with zero attached hydrogens (tertiary/aromatic N) is 1. The standard InChI is InChI=1S/C25H27F3N2O5S/c1-16-7-9-18(10-8-16)29-24(31)22-17(2)34-21-12-11-20(35-36(32,33)25(26,27)28)19(23(21)22)15-30-13-5-3-4-6-14-30/h7-12H,3-6,13-15H2,1-2H3,(H,29,31). The molecule has 11 heteroatoms. The minimum atomic E-state index is -5.92. The number of hydrogen-bond acceptors (Lipinski definition) is 6. The molecule has 1 amide bonds. The molecule has 1 aromatic heterocycles. The Kier molecular flexibility index (Phi) is 7.33. The number of benzene rings is 2. The number of furan rings is 1. The number of aryl methyl sites for hydroxylation is 2. The molecule has 4 rings (SSSR count). The summed E-state index contributed by atoms with van der Waals surface area (Å²) >= 11 is 0. The van der Waals surface area contributed by atoms with E-state index >= 15 is 0 Å². The second-order valence-corrected chi connectivity index (χ2v) is 10.5. The fourth-order valence-electron chi connectivity index (χ4n) is 4.38. The molecule has 0 saturated carbocycles. The van der Waals surface area contributed by atoms with Crippen molar-refractivity contribution in [2.24, 2.45) is 0 Å². The molecule has 7 nitrogen and oxygen atoms in total. The molecule has 1 aliphatic heterocycles. The van der Waals surface area contributed by atoms with Crippen molar-refractivity contribution in [3.05, 3.63) is 58.8 Å². The van der Waals surface area contributed by atoms with Crippen LogP contribution in [0.1, 0.15) is 52.9 Å². The number of hydrogen-bond donors (Lipinski definition) is 1. The minimum Gasteiger partial charge on any atom is -0.460 e. The molecule has 1 N–H and O–H groups in total. The zero-order valence-corrected chi connectivity index (χ0v) is 20.8. The molecule has 0 radical (unpaired) electrons. The van der Waals surface area contributed by atoms with Gasteiger partial charge in [-0.2, -0.15) is 21.6 Å². The van der Waals surface area contributed by atoms with Crippen molar-refractivity contribution in [2.75, 3.05) is 18.4 Å². The molecule has 194 valence electrons. The molecular weight excluding hydrogens is 497 g/mol. The topological polar surface area (TPSA) is 88.8 Å². The van der Waals surface area contributed by atoms with Crippen LogP contribution < -0.4 is 9.50 Å². The molecule has 0 aliphatic carbocycles. The number of amides is 1. The number of likely N-dealkylation sites (tertiary alicyclic amines) is 1. The molecule has 36 heavy (non-hydrogen) atoms. The Morgan fingerprint density at radius 3 is 2.28 bits per heavy atom. The van der Waals surface area contributed by atoms with E-state index in [9.17, 15) is 26.4 Å². The van der Waals surface area contributed by atoms with E-state index in [1.165, 1.54) is 6.07 Å². The summed E-state index contributed by atoms with van der Waals surface area (Å²) in [6.07, 6.45) is 3.86. The van der Waals surface area contributed by atoms with Crippen LogP contribution in [-0.4, -0.2) is 37.8 Å². The van der Waals surface area contributed by atoms with Crippen molar-refractivity contribution in [2.45, 2.75) is 51.6 Å². The first-order valence-corrected chi connectivity index (χ1v) is 13.0. The van der Waals surface area contributed by atoms with Crippen molar-refractivity contribution >= 4 is 32.7 Å². The van der Waals surface area contributed by atoms with E-state index < -0.39 is 27.3 Å². The number of carbonyl (C=O) groups excluding carboxylic acids is 1. The fourth-order valence-corrected chi connectivity index (χ4v) is 4.87. The van der Waals surface area contributed by atoms with Crippen LogP contribution in [0.25, 0.3) is 11.0 Å². The number of rotatable bonds is 6. The highest BCUT2D eigenvalue weighted by atomic mass is 32.2. The molecule has 0 atom stereocenters. The van der Waals surface area contributed by atoms with Gasteiger partial charge in [-0.15, -0.1) is 0 Å². The van der Waals surface area contributed by atoms with Crippen molar-refractivity contribution < 1.29 is 35.0 Å². The van der Waals surface area contributed by atoms with E-state index in [-0.39, 0.29) is 34.4 Å². The van der Waals surface area contributed by atoms with E-state index in [4.69, 9.17) is 4.42 Å². The SMILES string of the molecule is Cc1ccc(NC(=O)c2c(C)oc3ccc(OS(=O)(=O)C(F)(F)F)c(CN4CCCCCC4)c23)cc1. The summed E-state index contributed by atoms with van der Waals surface area (Å²) in [4.78, 5) is 15.4. The van der Waals surface area contributed by atoms with Gasteiger partial charge in [0.2, 0.25) is 0 Å². The Balaban J connectivity index is 1.83. The zero-order chi connectivity index (χ0) is 26.1. The van der Waals surface area contributed by atoms with Crippen molar-refractivity contribution in [1.29, 1.82) is 0 Å². The van der Waals surface area contributed by atoms with Crippen LogP contribution in [0, 0.1) is 13.8 Å². The van der Waals surface area contributed by atoms with Crippen LogP contribution in [0.2, 0.25) is 0 Å². The number of carbonyl (C=O) groups is 1. The van der Waals surface area contributed by atoms with Gasteiger partial charge in [0.1, 0.15) is 17.1 Å². The van der Waals surface area contributed by atoms with Gasteiger partial charge in [-0.05, 0) is 64.0 Å². The maximum Gasteiger partial charge on any atom is 0.534 e. The molecule has 0 unspecified atom stereocenters. The highest BCUT2D eigenvalue weighted by molar-refractivity contribution is 7.88. The maximum atomic E-state index is 13.3. The Morgan fingerprint density at radius 1 is 1.03 bits per heavy atom. The quantitative estimate of drug-likeness (QED) is 0.319. The van der Waals surface area contributed by atoms with E-state index in [0.717, 1.165) is 37.3 Å². The number of alkyl halides is 3. The monoisotopic (exact) mass is 524 g/mol. The van der Waals surface area contributed by atoms with Crippen LogP contribution in [0.3, 0.4) is 0 Å². The highest BCUT2D eigenvalue weighted by Gasteiger charge is 2.49. The summed E-state index contributed by atoms with van der Waals surface area (Å²) in [6, 6.07) is 9.58. The predicted molar refractivity (Wildman–Crippen MR) is 129 cm³/mol. The van der Waals surface area contributed by atoms with Crippen molar-refractivity contribution in [3.8, 4) is 5.75 Å². The molecule has 0 bridgehead atoms. The van der Waals surface area contributed by atoms with Gasteiger partial charge >= 0.3 is 15.6 Å². The highest BCUT2D eigenvalue weighted by Crippen LogP contribution is 2.38. The van der Waals surface area contributed by atoms with Crippen LogP contribution in [0.4, 0.5) is 18.9 Å². The average molecular weight is 525 g/mol. The van der Waals surface area contributed by atoms with Gasteiger partial charge in [0, 0.05) is 23.2 Å². The average Bonchev–Trinajstić information content (AvgIpc) is 2.95. The van der Waals surface area contributed by atoms with Crippen molar-refractivity contribution in [1.82, 2.24) is 4.90 Å². The second-order valence-electron chi connectivity index (χ2n) is 8.94. The number of fused-ring (bicyclic) bond motifs is 1. The lowest BCUT2D eigenvalue weighted by Crippen LogP contribution is -2.29. The molecule has 3 aromatic rings. The number of nitrogens with one attached hydrogen (secondary N) is 1. The molecule has 0 spiro atoms. The van der Waals surface area contributed by atoms with E-state index in [0.29, 0.717) is 18.8 Å². The molecular formula is C25H27F3N2O5S. The summed E-state index contributed by atoms with van der Waals surface area (Å²) in [7, 11) is -5.92. The molecule has 2 heterocycles. The number of halogens is 3. The smallest absolute Gasteiger partial charge is 0.460 e. The summed E-state index contributed by atoms with van der Waals surface area (Å²) in [5, 5.41) is 3.02. The van der Waals surface area contributed by atoms with Crippen LogP contribution in [0.5, 0.6) is 5.75 Å². The number of anilines is 1. The molecule has 1 aliphatic rings. The maximum absolute atomic E-state index is 13.3. The summed E-state index contributed by atoms with van der Waals surface area (Å²) in [5.74, 6) is -0.750. The normalized spacial score (nSPS) is 15.6. The molecule has 2 aromatic carbocycles. The Morgan fingerprint density at radius 2 is 1.67 bits per heavy atom. The summed E-state index contributed by atoms with van der Waals surface area (Å²) in [6.45, 7) is 4.95. The van der Waals surface area contributed by atoms with Gasteiger partial charge in [0.25, 0.3) is 5.91 Å². The van der Waals surface area contributed by atoms with Gasteiger partial charge in [0.05, 0.1) is 5.56 Å². The van der Waals surface area contributed by atoms with E-state index in [1.54, 1.807) is 19.1 Å². The van der Waals surface area contributed by atoms with Crippen molar-refractivity contribution in [3.63, 3.8) is 0 Å². The lowest BCUT2D eigenvalue weighted by molar-refractivity contribution is -0.0500. The lowest BCUT2D eigenvalue weighted by Gasteiger charge is -2.22. The zero-order valence-electron chi connectivity index (χ0n) is 19.9. The summed E-state index contributed by atoms with van der Waals surface area (Å²) < 4.78 is 73.6. The summed E-state index contributed by atoms with van der Waals surface area (Å²) in [5.41, 5.74) is -3.54. The largest absolute Gasteiger partial charge is 0.534 e. The Bertz CT molecular complexity index is 1360. The molecule has 1 fully saturated rings. The Labute approximate surface area is 207 Å². The minimum absolute atomic E-state index is 0.101. The first-order chi connectivity index (χ1) is 17.0. The van der Waals surface area contributed by atoms with Gasteiger partial charge in [0.15, 0.2) is 0 Å². The second kappa shape index (κ2) is 10.1. The molecule has 1 saturated heterocycles. The van der Waals surface area contributed by atoms with Crippen LogP contribution in [-0.2, 0) is 16.7 Å². The lowest BCUT2D eigenvalue weighted by atomic mass is 10.0. The van der Waals surface area contributed by atoms with E-state index in [1.807, 2.05) is 24.0 Å². The Hall–Kier alpha value is -3.05. The third-order valence-corrected chi connectivity index (χ3v) is 7.16. The third-order valence-electron chi connectivity index (χ3n) is 6.20. The van der Waals surface area contributed by atoms with Gasteiger partial charge < -0.3 is 13.9 Å². The van der Waals surface area contributed by atoms with Crippen LogP contribution in [0.15, 0.2) is 40.8 Å². The first kappa shape index (κ1) is 26.0. The van der Waals surface area contributed by atoms with Crippen LogP contribution >= 0.6 is 0 Å². The predicted octanol–water partition coefficient (Wildman–Crippen LogP) is 5.91. The third kappa shape index (κ3) is 5.52. The van der Waals surface area contributed by atoms with Gasteiger partial charge in [-0.1, -0.05) is 30.5 Å².